The number of benzene rings is 5. The summed E-state index contributed by atoms with van der Waals surface area (Å²) in [4.78, 5) is 1.46. The second-order valence-electron chi connectivity index (χ2n) is 11.3. The third kappa shape index (κ3) is 6.75. The summed E-state index contributed by atoms with van der Waals surface area (Å²) in [7, 11) is 4.32. The van der Waals surface area contributed by atoms with E-state index in [1.54, 1.807) is 0 Å². The van der Waals surface area contributed by atoms with E-state index in [0.29, 0.717) is 0 Å². The van der Waals surface area contributed by atoms with Crippen molar-refractivity contribution < 1.29 is 75.1 Å². The first-order chi connectivity index (χ1) is 23.8. The molecule has 1 N–H and O–H groups in total. The highest BCUT2D eigenvalue weighted by Crippen LogP contribution is 2.27. The Labute approximate surface area is 277 Å². The highest BCUT2D eigenvalue weighted by atomic mass is 19.2. The molecule has 0 amide bonds. The second kappa shape index (κ2) is 14.7. The topological polar surface area (TPSA) is 4.44 Å². The molecule has 0 radical (unpaired) electrons. The Morgan fingerprint density at radius 2 is 0.588 bits per heavy atom. The Balaban J connectivity index is 0.000000502. The molecule has 0 aliphatic carbocycles. The molecule has 51 heavy (non-hydrogen) atoms. The first-order valence-electron chi connectivity index (χ1n) is 14.1. The van der Waals surface area contributed by atoms with E-state index in [9.17, 15) is 35.1 Å². The maximum Gasteiger partial charge on any atom is 0.158 e. The number of halogens is 16. The monoisotopic (exact) mass is 743 g/mol. The molecule has 0 atom stereocenters. The van der Waals surface area contributed by atoms with Crippen molar-refractivity contribution in [2.45, 2.75) is 6.54 Å². The number of hydrogen-bond donors (Lipinski definition) is 1. The fourth-order valence-electron chi connectivity index (χ4n) is 5.76. The predicted molar refractivity (Wildman–Crippen MR) is 152 cm³/mol. The standard InChI is InChI=1S/C24H4BF16.C9H13N/c26-5-1-6(27)18(35)13(17(5)34)25(14-19(36)7(28)2-8(29)20(14)37,15-21(38)9(30)3-10(31)22(15)39)16-23(40)11(32)4-12(33)24(16)41;1-10(2)8-9-6-4-3-5-7-9/h1-4H;3-7H,8H2,1-2H3/q-1;/p+1. The van der Waals surface area contributed by atoms with E-state index in [-0.39, 0.29) is 0 Å². The van der Waals surface area contributed by atoms with Crippen LogP contribution in [0.4, 0.5) is 70.2 Å². The zero-order chi connectivity index (χ0) is 38.3. The highest BCUT2D eigenvalue weighted by Gasteiger charge is 2.50. The molecule has 5 rings (SSSR count). The molecule has 0 aliphatic rings. The molecule has 0 heterocycles. The van der Waals surface area contributed by atoms with E-state index in [0.717, 1.165) is 6.54 Å². The van der Waals surface area contributed by atoms with Crippen molar-refractivity contribution in [2.75, 3.05) is 14.1 Å². The smallest absolute Gasteiger partial charge is 0.158 e. The molecular formula is C33H18BF16N. The van der Waals surface area contributed by atoms with Crippen LogP contribution in [-0.2, 0) is 6.54 Å². The van der Waals surface area contributed by atoms with Crippen LogP contribution in [0.3, 0.4) is 0 Å². The van der Waals surface area contributed by atoms with Gasteiger partial charge in [-0.1, -0.05) is 30.3 Å². The van der Waals surface area contributed by atoms with E-state index in [1.165, 1.54) is 10.5 Å². The molecular weight excluding hydrogens is 725 g/mol. The Morgan fingerprint density at radius 3 is 0.784 bits per heavy atom. The Bertz CT molecular complexity index is 1780. The third-order valence-corrected chi connectivity index (χ3v) is 7.72. The van der Waals surface area contributed by atoms with Gasteiger partial charge in [0, 0.05) is 29.8 Å². The van der Waals surface area contributed by atoms with Crippen molar-refractivity contribution >= 4 is 28.0 Å². The number of nitrogens with one attached hydrogen (secondary N) is 1. The minimum Gasteiger partial charge on any atom is -0.336 e. The van der Waals surface area contributed by atoms with Gasteiger partial charge in [0.1, 0.15) is 59.2 Å². The van der Waals surface area contributed by atoms with Crippen LogP contribution in [0.1, 0.15) is 5.56 Å². The van der Waals surface area contributed by atoms with E-state index in [4.69, 9.17) is 0 Å². The molecule has 18 heteroatoms. The summed E-state index contributed by atoms with van der Waals surface area (Å²) < 4.78 is 238. The molecule has 5 aromatic carbocycles. The zero-order valence-electron chi connectivity index (χ0n) is 25.5. The van der Waals surface area contributed by atoms with Crippen molar-refractivity contribution in [2.24, 2.45) is 0 Å². The van der Waals surface area contributed by atoms with Crippen LogP contribution in [-0.4, -0.2) is 20.2 Å². The van der Waals surface area contributed by atoms with Gasteiger partial charge in [-0.05, 0) is 0 Å². The average Bonchev–Trinajstić information content (AvgIpc) is 3.05. The highest BCUT2D eigenvalue weighted by molar-refractivity contribution is 7.20. The van der Waals surface area contributed by atoms with Crippen molar-refractivity contribution in [3.05, 3.63) is 153 Å². The van der Waals surface area contributed by atoms with Crippen LogP contribution in [0.25, 0.3) is 0 Å². The molecule has 5 aromatic rings. The van der Waals surface area contributed by atoms with Crippen molar-refractivity contribution in [1.82, 2.24) is 0 Å². The van der Waals surface area contributed by atoms with Crippen LogP contribution in [0.15, 0.2) is 54.6 Å². The SMILES string of the molecule is C[NH+](C)Cc1ccccc1.Fc1cc(F)c(F)c([B-](c2c(F)c(F)cc(F)c2F)(c2c(F)c(F)cc(F)c2F)c2c(F)c(F)cc(F)c2F)c1F. The van der Waals surface area contributed by atoms with Gasteiger partial charge in [0.05, 0.1) is 14.1 Å². The first kappa shape index (κ1) is 38.8. The molecule has 0 saturated heterocycles. The largest absolute Gasteiger partial charge is 0.336 e. The summed E-state index contributed by atoms with van der Waals surface area (Å²) in [6, 6.07) is 7.78. The van der Waals surface area contributed by atoms with Crippen LogP contribution >= 0.6 is 0 Å². The number of quaternary nitrogens is 1. The van der Waals surface area contributed by atoms with Gasteiger partial charge >= 0.3 is 0 Å². The van der Waals surface area contributed by atoms with Crippen LogP contribution < -0.4 is 26.8 Å². The fraction of sp³-hybridized carbons (Fsp3) is 0.0909. The second-order valence-corrected chi connectivity index (χ2v) is 11.3. The van der Waals surface area contributed by atoms with E-state index < -0.39 is 145 Å². The lowest BCUT2D eigenvalue weighted by atomic mass is 9.12. The van der Waals surface area contributed by atoms with Crippen LogP contribution in [0.5, 0.6) is 0 Å². The van der Waals surface area contributed by atoms with Crippen molar-refractivity contribution in [1.29, 1.82) is 0 Å². The van der Waals surface area contributed by atoms with Crippen LogP contribution in [0.2, 0.25) is 0 Å². The summed E-state index contributed by atoms with van der Waals surface area (Å²) in [5.41, 5.74) is -10.6. The quantitative estimate of drug-likeness (QED) is 0.131. The van der Waals surface area contributed by atoms with Gasteiger partial charge in [-0.25, -0.2) is 70.2 Å². The minimum absolute atomic E-state index is 0.689. The molecule has 0 saturated carbocycles. The lowest BCUT2D eigenvalue weighted by molar-refractivity contribution is -0.872. The summed E-state index contributed by atoms with van der Waals surface area (Å²) in [5, 5.41) is 0. The predicted octanol–water partition coefficient (Wildman–Crippen LogP) is 5.62. The van der Waals surface area contributed by atoms with Crippen LogP contribution in [0, 0.1) is 93.1 Å². The lowest BCUT2D eigenvalue weighted by Crippen LogP contribution is -3.04. The molecule has 270 valence electrons. The fourth-order valence-corrected chi connectivity index (χ4v) is 5.76. The molecule has 0 aliphatic heterocycles. The van der Waals surface area contributed by atoms with E-state index >= 15 is 35.1 Å². The number of hydrogen-bond acceptors (Lipinski definition) is 0. The van der Waals surface area contributed by atoms with Gasteiger partial charge in [0.2, 0.25) is 0 Å². The van der Waals surface area contributed by atoms with Gasteiger partial charge in [0.15, 0.2) is 46.5 Å². The summed E-state index contributed by atoms with van der Waals surface area (Å²) in [5.74, 6) is -46.2. The summed E-state index contributed by atoms with van der Waals surface area (Å²) >= 11 is 0. The molecule has 0 bridgehead atoms. The lowest BCUT2D eigenvalue weighted by Gasteiger charge is -2.44. The molecule has 0 spiro atoms. The number of rotatable bonds is 6. The Hall–Kier alpha value is -5.00. The first-order valence-corrected chi connectivity index (χ1v) is 14.1. The minimum atomic E-state index is -6.49. The van der Waals surface area contributed by atoms with Crippen molar-refractivity contribution in [3.8, 4) is 0 Å². The maximum absolute atomic E-state index is 15.3. The van der Waals surface area contributed by atoms with Gasteiger partial charge in [-0.3, -0.25) is 0 Å². The summed E-state index contributed by atoms with van der Waals surface area (Å²) in [6.45, 7) is 1.11. The molecule has 0 unspecified atom stereocenters. The van der Waals surface area contributed by atoms with E-state index in [1.807, 2.05) is 0 Å². The average molecular weight is 743 g/mol. The molecule has 0 aromatic heterocycles. The normalized spacial score (nSPS) is 11.6. The molecule has 0 fully saturated rings. The van der Waals surface area contributed by atoms with E-state index in [2.05, 4.69) is 44.4 Å². The van der Waals surface area contributed by atoms with Gasteiger partial charge in [-0.15, -0.1) is 21.9 Å². The van der Waals surface area contributed by atoms with Gasteiger partial charge < -0.3 is 4.90 Å². The summed E-state index contributed by atoms with van der Waals surface area (Å²) in [6.07, 6.45) is -6.49. The maximum atomic E-state index is 15.3. The Kier molecular flexibility index (Phi) is 11.2. The van der Waals surface area contributed by atoms with Gasteiger partial charge in [0.25, 0.3) is 0 Å². The Morgan fingerprint density at radius 1 is 0.373 bits per heavy atom. The van der Waals surface area contributed by atoms with Gasteiger partial charge in [-0.2, -0.15) is 0 Å². The zero-order valence-corrected chi connectivity index (χ0v) is 25.5. The third-order valence-electron chi connectivity index (χ3n) is 7.72. The van der Waals surface area contributed by atoms with Crippen molar-refractivity contribution in [3.63, 3.8) is 0 Å². The molecule has 1 nitrogen and oxygen atoms in total.